The van der Waals surface area contributed by atoms with Crippen LogP contribution in [0.3, 0.4) is 0 Å². The summed E-state index contributed by atoms with van der Waals surface area (Å²) in [5.41, 5.74) is 0.212. The highest BCUT2D eigenvalue weighted by molar-refractivity contribution is 6.73. The first-order valence-electron chi connectivity index (χ1n) is 9.10. The van der Waals surface area contributed by atoms with Crippen LogP contribution in [-0.2, 0) is 9.22 Å². The Morgan fingerprint density at radius 1 is 1.14 bits per heavy atom. The van der Waals surface area contributed by atoms with Crippen molar-refractivity contribution in [1.29, 1.82) is 0 Å². The topological polar surface area (TPSA) is 26.3 Å². The number of ketones is 1. The van der Waals surface area contributed by atoms with Gasteiger partial charge in [0.25, 0.3) is 0 Å². The molecule has 0 aromatic carbocycles. The standard InChI is InChI=1S/C18H34O2Si/c1-6-21(7-2,8-3)20-17-10-9-13-18(5)15(14(4)19)11-12-16(17)18/h15-17H,6-13H2,1-5H3/t15-,16+,17?,18-/m1/s1. The minimum Gasteiger partial charge on any atom is -0.414 e. The van der Waals surface area contributed by atoms with Crippen molar-refractivity contribution in [3.8, 4) is 0 Å². The molecule has 122 valence electrons. The van der Waals surface area contributed by atoms with E-state index in [9.17, 15) is 4.79 Å². The average molecular weight is 311 g/mol. The predicted molar refractivity (Wildman–Crippen MR) is 90.9 cm³/mol. The maximum Gasteiger partial charge on any atom is 0.192 e. The van der Waals surface area contributed by atoms with E-state index in [0.29, 0.717) is 17.8 Å². The predicted octanol–water partition coefficient (Wildman–Crippen LogP) is 5.18. The second-order valence-corrected chi connectivity index (χ2v) is 12.4. The molecule has 2 aliphatic carbocycles. The molecular weight excluding hydrogens is 276 g/mol. The van der Waals surface area contributed by atoms with Crippen LogP contribution in [0.25, 0.3) is 0 Å². The fourth-order valence-corrected chi connectivity index (χ4v) is 8.17. The molecule has 3 heteroatoms. The lowest BCUT2D eigenvalue weighted by atomic mass is 9.63. The van der Waals surface area contributed by atoms with Gasteiger partial charge in [0.2, 0.25) is 0 Å². The van der Waals surface area contributed by atoms with Crippen molar-refractivity contribution < 1.29 is 9.22 Å². The number of hydrogen-bond acceptors (Lipinski definition) is 2. The number of rotatable bonds is 6. The number of hydrogen-bond donors (Lipinski definition) is 0. The van der Waals surface area contributed by atoms with Gasteiger partial charge in [-0.25, -0.2) is 0 Å². The Morgan fingerprint density at radius 3 is 2.29 bits per heavy atom. The lowest BCUT2D eigenvalue weighted by molar-refractivity contribution is -0.126. The second kappa shape index (κ2) is 6.53. The van der Waals surface area contributed by atoms with Crippen LogP contribution in [0.5, 0.6) is 0 Å². The third kappa shape index (κ3) is 3.01. The number of fused-ring (bicyclic) bond motifs is 1. The van der Waals surface area contributed by atoms with Gasteiger partial charge in [0.05, 0.1) is 0 Å². The summed E-state index contributed by atoms with van der Waals surface area (Å²) in [6.07, 6.45) is 6.41. The molecular formula is C18H34O2Si. The molecule has 1 unspecified atom stereocenters. The van der Waals surface area contributed by atoms with Gasteiger partial charge in [-0.3, -0.25) is 4.79 Å². The van der Waals surface area contributed by atoms with Crippen LogP contribution in [0.4, 0.5) is 0 Å². The largest absolute Gasteiger partial charge is 0.414 e. The Hall–Kier alpha value is -0.153. The highest BCUT2D eigenvalue weighted by atomic mass is 28.4. The Labute approximate surface area is 132 Å². The summed E-state index contributed by atoms with van der Waals surface area (Å²) in [7, 11) is -1.53. The Bertz CT molecular complexity index is 369. The van der Waals surface area contributed by atoms with Gasteiger partial charge in [0.15, 0.2) is 8.32 Å². The fraction of sp³-hybridized carbons (Fsp3) is 0.944. The Morgan fingerprint density at radius 2 is 1.76 bits per heavy atom. The molecule has 0 aliphatic heterocycles. The molecule has 0 heterocycles. The van der Waals surface area contributed by atoms with E-state index in [1.54, 1.807) is 6.92 Å². The smallest absolute Gasteiger partial charge is 0.192 e. The summed E-state index contributed by atoms with van der Waals surface area (Å²) < 4.78 is 6.86. The van der Waals surface area contributed by atoms with E-state index in [-0.39, 0.29) is 11.3 Å². The monoisotopic (exact) mass is 310 g/mol. The van der Waals surface area contributed by atoms with E-state index in [4.69, 9.17) is 4.43 Å². The molecule has 0 bridgehead atoms. The fourth-order valence-electron chi connectivity index (χ4n) is 5.25. The first-order valence-corrected chi connectivity index (χ1v) is 11.6. The van der Waals surface area contributed by atoms with Crippen molar-refractivity contribution in [2.45, 2.75) is 91.0 Å². The zero-order valence-corrected chi connectivity index (χ0v) is 15.7. The first-order chi connectivity index (χ1) is 9.92. The Balaban J connectivity index is 2.18. The molecule has 0 N–H and O–H groups in total. The summed E-state index contributed by atoms with van der Waals surface area (Å²) in [5, 5.41) is 0. The highest BCUT2D eigenvalue weighted by Crippen LogP contribution is 2.56. The van der Waals surface area contributed by atoms with Crippen LogP contribution in [0.1, 0.15) is 66.7 Å². The maximum absolute atomic E-state index is 12.0. The third-order valence-electron chi connectivity index (χ3n) is 6.89. The molecule has 2 rings (SSSR count). The van der Waals surface area contributed by atoms with Crippen LogP contribution in [0.2, 0.25) is 18.1 Å². The van der Waals surface area contributed by atoms with Gasteiger partial charge in [-0.15, -0.1) is 0 Å². The van der Waals surface area contributed by atoms with E-state index >= 15 is 0 Å². The average Bonchev–Trinajstić information content (AvgIpc) is 2.83. The normalized spacial score (nSPS) is 36.5. The summed E-state index contributed by atoms with van der Waals surface area (Å²) in [5.74, 6) is 1.32. The number of carbonyl (C=O) groups excluding carboxylic acids is 1. The molecule has 4 atom stereocenters. The zero-order valence-electron chi connectivity index (χ0n) is 14.7. The van der Waals surface area contributed by atoms with Crippen molar-refractivity contribution in [2.75, 3.05) is 0 Å². The van der Waals surface area contributed by atoms with Crippen molar-refractivity contribution >= 4 is 14.1 Å². The van der Waals surface area contributed by atoms with Crippen LogP contribution < -0.4 is 0 Å². The highest BCUT2D eigenvalue weighted by Gasteiger charge is 2.54. The van der Waals surface area contributed by atoms with Crippen LogP contribution in [0, 0.1) is 17.3 Å². The number of Topliss-reactive ketones (excluding diaryl/α,β-unsaturated/α-hetero) is 1. The van der Waals surface area contributed by atoms with Crippen molar-refractivity contribution in [3.63, 3.8) is 0 Å². The van der Waals surface area contributed by atoms with Gasteiger partial charge < -0.3 is 4.43 Å². The van der Waals surface area contributed by atoms with Gasteiger partial charge in [-0.1, -0.05) is 34.1 Å². The zero-order chi connectivity index (χ0) is 15.7. The molecule has 21 heavy (non-hydrogen) atoms. The molecule has 0 saturated heterocycles. The van der Waals surface area contributed by atoms with Gasteiger partial charge in [-0.2, -0.15) is 0 Å². The summed E-state index contributed by atoms with van der Waals surface area (Å²) in [6.45, 7) is 11.1. The lowest BCUT2D eigenvalue weighted by Crippen LogP contribution is -2.48. The molecule has 0 spiro atoms. The molecule has 0 aromatic rings. The summed E-state index contributed by atoms with van der Waals surface area (Å²) >= 11 is 0. The van der Waals surface area contributed by atoms with Gasteiger partial charge >= 0.3 is 0 Å². The Kier molecular flexibility index (Phi) is 5.35. The van der Waals surface area contributed by atoms with E-state index in [2.05, 4.69) is 27.7 Å². The van der Waals surface area contributed by atoms with Crippen molar-refractivity contribution in [2.24, 2.45) is 17.3 Å². The van der Waals surface area contributed by atoms with Crippen molar-refractivity contribution in [3.05, 3.63) is 0 Å². The van der Waals surface area contributed by atoms with Gasteiger partial charge in [0.1, 0.15) is 5.78 Å². The van der Waals surface area contributed by atoms with E-state index in [1.165, 1.54) is 43.8 Å². The molecule has 0 amide bonds. The van der Waals surface area contributed by atoms with E-state index in [1.807, 2.05) is 0 Å². The molecule has 0 aromatic heterocycles. The number of carbonyl (C=O) groups is 1. The second-order valence-electron chi connectivity index (χ2n) is 7.65. The lowest BCUT2D eigenvalue weighted by Gasteiger charge is -2.47. The SMILES string of the molecule is CC[Si](CC)(CC)OC1CCC[C@]2(C)[C@@H](C(C)=O)CC[C@@H]12. The minimum absolute atomic E-state index is 0.212. The quantitative estimate of drug-likeness (QED) is 0.632. The molecule has 2 nitrogen and oxygen atoms in total. The third-order valence-corrected chi connectivity index (χ3v) is 11.6. The molecule has 2 saturated carbocycles. The maximum atomic E-state index is 12.0. The first kappa shape index (κ1) is 17.2. The van der Waals surface area contributed by atoms with Crippen LogP contribution >= 0.6 is 0 Å². The minimum atomic E-state index is -1.53. The summed E-state index contributed by atoms with van der Waals surface area (Å²) in [6, 6.07) is 3.70. The summed E-state index contributed by atoms with van der Waals surface area (Å²) in [4.78, 5) is 12.0. The van der Waals surface area contributed by atoms with Crippen LogP contribution in [-0.4, -0.2) is 20.2 Å². The van der Waals surface area contributed by atoms with Gasteiger partial charge in [0, 0.05) is 12.0 Å². The van der Waals surface area contributed by atoms with Crippen LogP contribution in [0.15, 0.2) is 0 Å². The molecule has 2 aliphatic rings. The molecule has 0 radical (unpaired) electrons. The van der Waals surface area contributed by atoms with E-state index < -0.39 is 8.32 Å². The van der Waals surface area contributed by atoms with Gasteiger partial charge in [-0.05, 0) is 62.1 Å². The van der Waals surface area contributed by atoms with E-state index in [0.717, 1.165) is 6.42 Å². The van der Waals surface area contributed by atoms with Crippen molar-refractivity contribution in [1.82, 2.24) is 0 Å². The molecule has 2 fully saturated rings.